The van der Waals surface area contributed by atoms with Crippen LogP contribution >= 0.6 is 23.2 Å². The quantitative estimate of drug-likeness (QED) is 0.715. The number of piperazine rings is 1. The molecule has 0 N–H and O–H groups in total. The van der Waals surface area contributed by atoms with Gasteiger partial charge in [0.15, 0.2) is 0 Å². The third kappa shape index (κ3) is 4.35. The van der Waals surface area contributed by atoms with Crippen molar-refractivity contribution >= 4 is 38.9 Å². The lowest BCUT2D eigenvalue weighted by atomic mass is 10.2. The summed E-state index contributed by atoms with van der Waals surface area (Å²) >= 11 is 12.3. The Hall–Kier alpha value is -1.47. The van der Waals surface area contributed by atoms with Crippen LogP contribution in [0, 0.1) is 6.92 Å². The van der Waals surface area contributed by atoms with Gasteiger partial charge in [-0.05, 0) is 49.7 Å². The smallest absolute Gasteiger partial charge is 0.246 e. The zero-order chi connectivity index (χ0) is 19.6. The average Bonchev–Trinajstić information content (AvgIpc) is 2.64. The van der Waals surface area contributed by atoms with Crippen LogP contribution in [-0.4, -0.2) is 45.5 Å². The molecule has 0 atom stereocenters. The summed E-state index contributed by atoms with van der Waals surface area (Å²) in [5.41, 5.74) is 1.78. The van der Waals surface area contributed by atoms with Gasteiger partial charge >= 0.3 is 0 Å². The molecule has 0 aliphatic carbocycles. The summed E-state index contributed by atoms with van der Waals surface area (Å²) in [6, 6.07) is 10.5. The van der Waals surface area contributed by atoms with Crippen LogP contribution < -0.4 is 9.64 Å². The van der Waals surface area contributed by atoms with Gasteiger partial charge in [-0.25, -0.2) is 8.42 Å². The van der Waals surface area contributed by atoms with Crippen LogP contribution in [0.4, 0.5) is 5.69 Å². The lowest BCUT2D eigenvalue weighted by molar-refractivity contribution is 0.327. The third-order valence-corrected chi connectivity index (χ3v) is 7.00. The van der Waals surface area contributed by atoms with E-state index in [2.05, 4.69) is 4.90 Å². The van der Waals surface area contributed by atoms with Crippen molar-refractivity contribution in [2.75, 3.05) is 37.7 Å². The molecule has 1 fully saturated rings. The Morgan fingerprint density at radius 3 is 2.41 bits per heavy atom. The van der Waals surface area contributed by atoms with E-state index in [1.54, 1.807) is 36.4 Å². The number of rotatable bonds is 5. The van der Waals surface area contributed by atoms with E-state index in [0.717, 1.165) is 11.3 Å². The van der Waals surface area contributed by atoms with Gasteiger partial charge in [-0.1, -0.05) is 29.3 Å². The van der Waals surface area contributed by atoms with E-state index in [0.29, 0.717) is 48.6 Å². The lowest BCUT2D eigenvalue weighted by Gasteiger charge is -2.36. The molecule has 3 rings (SSSR count). The van der Waals surface area contributed by atoms with Crippen LogP contribution in [0.2, 0.25) is 10.0 Å². The first-order valence-electron chi connectivity index (χ1n) is 8.76. The summed E-state index contributed by atoms with van der Waals surface area (Å²) in [6.07, 6.45) is 0. The molecule has 0 saturated carbocycles. The highest BCUT2D eigenvalue weighted by atomic mass is 35.5. The second kappa shape index (κ2) is 8.27. The number of anilines is 1. The van der Waals surface area contributed by atoms with Gasteiger partial charge in [-0.2, -0.15) is 4.31 Å². The number of hydrogen-bond donors (Lipinski definition) is 0. The van der Waals surface area contributed by atoms with Gasteiger partial charge in [-0.3, -0.25) is 0 Å². The van der Waals surface area contributed by atoms with Gasteiger partial charge < -0.3 is 9.64 Å². The van der Waals surface area contributed by atoms with E-state index in [4.69, 9.17) is 27.9 Å². The van der Waals surface area contributed by atoms with Crippen molar-refractivity contribution in [2.45, 2.75) is 18.7 Å². The fourth-order valence-corrected chi connectivity index (χ4v) is 5.07. The predicted octanol–water partition coefficient (Wildman–Crippen LogP) is 4.21. The maximum atomic E-state index is 13.1. The van der Waals surface area contributed by atoms with Crippen LogP contribution in [0.5, 0.6) is 5.75 Å². The van der Waals surface area contributed by atoms with Crippen molar-refractivity contribution in [3.05, 3.63) is 52.0 Å². The number of aryl methyl sites for hydroxylation is 1. The van der Waals surface area contributed by atoms with Crippen LogP contribution in [0.1, 0.15) is 12.5 Å². The summed E-state index contributed by atoms with van der Waals surface area (Å²) < 4.78 is 33.3. The van der Waals surface area contributed by atoms with Crippen molar-refractivity contribution < 1.29 is 13.2 Å². The highest BCUT2D eigenvalue weighted by molar-refractivity contribution is 7.89. The topological polar surface area (TPSA) is 49.9 Å². The molecule has 0 spiro atoms. The summed E-state index contributed by atoms with van der Waals surface area (Å²) in [4.78, 5) is 2.27. The first-order chi connectivity index (χ1) is 12.8. The van der Waals surface area contributed by atoms with Crippen molar-refractivity contribution in [3.63, 3.8) is 0 Å². The van der Waals surface area contributed by atoms with Crippen LogP contribution in [0.15, 0.2) is 41.3 Å². The minimum absolute atomic E-state index is 0.212. The van der Waals surface area contributed by atoms with E-state index < -0.39 is 10.0 Å². The van der Waals surface area contributed by atoms with Crippen LogP contribution in [-0.2, 0) is 10.0 Å². The molecule has 1 aliphatic heterocycles. The summed E-state index contributed by atoms with van der Waals surface area (Å²) in [5.74, 6) is 0.401. The third-order valence-electron chi connectivity index (χ3n) is 4.50. The zero-order valence-corrected chi connectivity index (χ0v) is 17.6. The first-order valence-corrected chi connectivity index (χ1v) is 11.0. The molecule has 2 aromatic carbocycles. The molecule has 5 nitrogen and oxygen atoms in total. The number of hydrogen-bond acceptors (Lipinski definition) is 4. The number of ether oxygens (including phenoxy) is 1. The van der Waals surface area contributed by atoms with E-state index in [9.17, 15) is 8.42 Å². The Kier molecular flexibility index (Phi) is 6.21. The minimum atomic E-state index is -3.63. The highest BCUT2D eigenvalue weighted by Gasteiger charge is 2.31. The van der Waals surface area contributed by atoms with Crippen molar-refractivity contribution in [1.82, 2.24) is 4.31 Å². The monoisotopic (exact) mass is 428 g/mol. The Morgan fingerprint density at radius 1 is 1.04 bits per heavy atom. The molecule has 0 aromatic heterocycles. The van der Waals surface area contributed by atoms with E-state index in [1.165, 1.54) is 4.31 Å². The second-order valence-electron chi connectivity index (χ2n) is 6.37. The van der Waals surface area contributed by atoms with E-state index in [1.807, 2.05) is 13.8 Å². The second-order valence-corrected chi connectivity index (χ2v) is 9.12. The molecule has 1 aliphatic rings. The Balaban J connectivity index is 1.80. The molecule has 0 bridgehead atoms. The van der Waals surface area contributed by atoms with Crippen molar-refractivity contribution in [2.24, 2.45) is 0 Å². The molecule has 146 valence electrons. The van der Waals surface area contributed by atoms with Crippen molar-refractivity contribution in [1.29, 1.82) is 0 Å². The summed E-state index contributed by atoms with van der Waals surface area (Å²) in [7, 11) is -3.63. The molecule has 1 saturated heterocycles. The molecular formula is C19H22Cl2N2O3S. The predicted molar refractivity (Wildman–Crippen MR) is 110 cm³/mol. The number of halogens is 2. The largest absolute Gasteiger partial charge is 0.492 e. The van der Waals surface area contributed by atoms with Gasteiger partial charge in [0.05, 0.1) is 17.3 Å². The zero-order valence-electron chi connectivity index (χ0n) is 15.3. The van der Waals surface area contributed by atoms with Crippen molar-refractivity contribution in [3.8, 4) is 5.75 Å². The maximum absolute atomic E-state index is 13.1. The number of benzene rings is 2. The van der Waals surface area contributed by atoms with Gasteiger partial charge in [-0.15, -0.1) is 0 Å². The van der Waals surface area contributed by atoms with Crippen LogP contribution in [0.25, 0.3) is 0 Å². The fraction of sp³-hybridized carbons (Fsp3) is 0.368. The standard InChI is InChI=1S/C19H22Cl2N2O3S/c1-3-26-18-12-14(2)4-7-19(18)27(24,25)23-10-8-22(9-11-23)17-13-15(20)5-6-16(17)21/h4-7,12-13H,3,8-11H2,1-2H3. The maximum Gasteiger partial charge on any atom is 0.246 e. The van der Waals surface area contributed by atoms with Gasteiger partial charge in [0.1, 0.15) is 10.6 Å². The molecule has 2 aromatic rings. The lowest BCUT2D eigenvalue weighted by Crippen LogP contribution is -2.48. The van der Waals surface area contributed by atoms with E-state index >= 15 is 0 Å². The molecular weight excluding hydrogens is 407 g/mol. The number of sulfonamides is 1. The Morgan fingerprint density at radius 2 is 1.74 bits per heavy atom. The van der Waals surface area contributed by atoms with Gasteiger partial charge in [0.25, 0.3) is 0 Å². The Labute approximate surface area is 170 Å². The first kappa shape index (κ1) is 20.3. The normalized spacial score (nSPS) is 15.8. The van der Waals surface area contributed by atoms with Crippen LogP contribution in [0.3, 0.4) is 0 Å². The molecule has 0 unspecified atom stereocenters. The molecule has 0 amide bonds. The molecule has 0 radical (unpaired) electrons. The SMILES string of the molecule is CCOc1cc(C)ccc1S(=O)(=O)N1CCN(c2cc(Cl)ccc2Cl)CC1. The van der Waals surface area contributed by atoms with E-state index in [-0.39, 0.29) is 4.90 Å². The Bertz CT molecular complexity index is 927. The molecule has 27 heavy (non-hydrogen) atoms. The minimum Gasteiger partial charge on any atom is -0.492 e. The fourth-order valence-electron chi connectivity index (χ4n) is 3.13. The van der Waals surface area contributed by atoms with Gasteiger partial charge in [0.2, 0.25) is 10.0 Å². The molecule has 1 heterocycles. The van der Waals surface area contributed by atoms with Gasteiger partial charge in [0, 0.05) is 31.2 Å². The summed E-state index contributed by atoms with van der Waals surface area (Å²) in [6.45, 7) is 5.96. The average molecular weight is 429 g/mol. The highest BCUT2D eigenvalue weighted by Crippen LogP contribution is 2.32. The summed E-state index contributed by atoms with van der Waals surface area (Å²) in [5, 5.41) is 1.21. The number of nitrogens with zero attached hydrogens (tertiary/aromatic N) is 2. The molecule has 8 heteroatoms.